The molecule has 0 aromatic rings. The normalized spacial score (nSPS) is 21.7. The molecule has 0 aromatic heterocycles. The number of piperidine rings is 1. The molecule has 0 bridgehead atoms. The van der Waals surface area contributed by atoms with Crippen LogP contribution in [0.3, 0.4) is 0 Å². The van der Waals surface area contributed by atoms with Crippen molar-refractivity contribution in [1.82, 2.24) is 10.2 Å². The summed E-state index contributed by atoms with van der Waals surface area (Å²) in [5.74, 6) is 0.0600. The molecule has 0 radical (unpaired) electrons. The van der Waals surface area contributed by atoms with Crippen LogP contribution in [0.2, 0.25) is 0 Å². The van der Waals surface area contributed by atoms with Crippen molar-refractivity contribution in [2.24, 2.45) is 0 Å². The van der Waals surface area contributed by atoms with E-state index >= 15 is 0 Å². The van der Waals surface area contributed by atoms with Gasteiger partial charge in [0.15, 0.2) is 0 Å². The van der Waals surface area contributed by atoms with Crippen molar-refractivity contribution in [2.45, 2.75) is 18.9 Å². The number of hydrogen-bond acceptors (Lipinski definition) is 4. The van der Waals surface area contributed by atoms with Gasteiger partial charge in [-0.1, -0.05) is 0 Å². The standard InChI is InChI=1S/C10H20N2O3/c1-15-6-4-11-7-10(14)12-5-2-3-9(13)8-12/h9,11,13H,2-8H2,1H3. The first-order valence-corrected chi connectivity index (χ1v) is 5.39. The number of nitrogens with zero attached hydrogens (tertiary/aromatic N) is 1. The van der Waals surface area contributed by atoms with Crippen LogP contribution in [0.4, 0.5) is 0 Å². The number of rotatable bonds is 5. The van der Waals surface area contributed by atoms with Crippen molar-refractivity contribution in [3.63, 3.8) is 0 Å². The lowest BCUT2D eigenvalue weighted by Gasteiger charge is -2.30. The number of ether oxygens (including phenoxy) is 1. The van der Waals surface area contributed by atoms with Gasteiger partial charge in [0, 0.05) is 26.7 Å². The summed E-state index contributed by atoms with van der Waals surface area (Å²) < 4.78 is 4.86. The first-order chi connectivity index (χ1) is 7.24. The molecular weight excluding hydrogens is 196 g/mol. The van der Waals surface area contributed by atoms with E-state index in [1.165, 1.54) is 0 Å². The van der Waals surface area contributed by atoms with E-state index in [1.807, 2.05) is 0 Å². The molecular formula is C10H20N2O3. The van der Waals surface area contributed by atoms with Crippen molar-refractivity contribution >= 4 is 5.91 Å². The predicted molar refractivity (Wildman–Crippen MR) is 56.6 cm³/mol. The second-order valence-corrected chi connectivity index (χ2v) is 3.81. The van der Waals surface area contributed by atoms with Gasteiger partial charge in [-0.25, -0.2) is 0 Å². The Kier molecular flexibility index (Phi) is 5.60. The lowest BCUT2D eigenvalue weighted by molar-refractivity contribution is -0.133. The van der Waals surface area contributed by atoms with Crippen molar-refractivity contribution in [3.05, 3.63) is 0 Å². The minimum absolute atomic E-state index is 0.0600. The van der Waals surface area contributed by atoms with E-state index in [9.17, 15) is 9.90 Å². The summed E-state index contributed by atoms with van der Waals surface area (Å²) >= 11 is 0. The Morgan fingerprint density at radius 3 is 3.13 bits per heavy atom. The Balaban J connectivity index is 2.15. The average Bonchev–Trinajstić information content (AvgIpc) is 2.24. The summed E-state index contributed by atoms with van der Waals surface area (Å²) in [4.78, 5) is 13.3. The highest BCUT2D eigenvalue weighted by Gasteiger charge is 2.21. The second kappa shape index (κ2) is 6.76. The second-order valence-electron chi connectivity index (χ2n) is 3.81. The fraction of sp³-hybridized carbons (Fsp3) is 0.900. The smallest absolute Gasteiger partial charge is 0.236 e. The fourth-order valence-corrected chi connectivity index (χ4v) is 1.66. The van der Waals surface area contributed by atoms with Gasteiger partial charge in [-0.05, 0) is 12.8 Å². The zero-order valence-electron chi connectivity index (χ0n) is 9.24. The molecule has 1 aliphatic heterocycles. The van der Waals surface area contributed by atoms with E-state index in [4.69, 9.17) is 4.74 Å². The quantitative estimate of drug-likeness (QED) is 0.591. The van der Waals surface area contributed by atoms with E-state index < -0.39 is 0 Å². The van der Waals surface area contributed by atoms with Gasteiger partial charge in [-0.15, -0.1) is 0 Å². The van der Waals surface area contributed by atoms with Crippen LogP contribution < -0.4 is 5.32 Å². The molecule has 1 unspecified atom stereocenters. The lowest BCUT2D eigenvalue weighted by atomic mass is 10.1. The Morgan fingerprint density at radius 1 is 1.67 bits per heavy atom. The number of methoxy groups -OCH3 is 1. The number of nitrogens with one attached hydrogen (secondary N) is 1. The number of β-amino-alcohol motifs (C(OH)–C–C–N with tert-alkyl or cyclic N) is 1. The molecule has 1 saturated heterocycles. The third-order valence-corrected chi connectivity index (χ3v) is 2.51. The van der Waals surface area contributed by atoms with Crippen LogP contribution in [0.25, 0.3) is 0 Å². The monoisotopic (exact) mass is 216 g/mol. The molecule has 1 atom stereocenters. The molecule has 1 rings (SSSR count). The molecule has 5 nitrogen and oxygen atoms in total. The molecule has 1 aliphatic rings. The molecule has 0 aromatic carbocycles. The maximum Gasteiger partial charge on any atom is 0.236 e. The third kappa shape index (κ3) is 4.59. The van der Waals surface area contributed by atoms with Gasteiger partial charge in [0.1, 0.15) is 0 Å². The summed E-state index contributed by atoms with van der Waals surface area (Å²) in [6, 6.07) is 0. The first-order valence-electron chi connectivity index (χ1n) is 5.39. The molecule has 1 amide bonds. The molecule has 2 N–H and O–H groups in total. The molecule has 1 fully saturated rings. The Bertz CT molecular complexity index is 199. The molecule has 0 aliphatic carbocycles. The molecule has 5 heteroatoms. The lowest BCUT2D eigenvalue weighted by Crippen LogP contribution is -2.46. The van der Waals surface area contributed by atoms with Gasteiger partial charge in [-0.2, -0.15) is 0 Å². The predicted octanol–water partition coefficient (Wildman–Crippen LogP) is -0.794. The van der Waals surface area contributed by atoms with E-state index in [0.717, 1.165) is 19.4 Å². The van der Waals surface area contributed by atoms with E-state index in [1.54, 1.807) is 12.0 Å². The summed E-state index contributed by atoms with van der Waals surface area (Å²) in [6.07, 6.45) is 1.35. The Morgan fingerprint density at radius 2 is 2.47 bits per heavy atom. The van der Waals surface area contributed by atoms with Crippen LogP contribution in [0.1, 0.15) is 12.8 Å². The SMILES string of the molecule is COCCNCC(=O)N1CCCC(O)C1. The van der Waals surface area contributed by atoms with Gasteiger partial charge < -0.3 is 20.1 Å². The van der Waals surface area contributed by atoms with Crippen molar-refractivity contribution < 1.29 is 14.6 Å². The van der Waals surface area contributed by atoms with Gasteiger partial charge in [0.2, 0.25) is 5.91 Å². The third-order valence-electron chi connectivity index (χ3n) is 2.51. The Hall–Kier alpha value is -0.650. The number of amides is 1. The summed E-state index contributed by atoms with van der Waals surface area (Å²) in [7, 11) is 1.63. The van der Waals surface area contributed by atoms with Crippen LogP contribution >= 0.6 is 0 Å². The molecule has 88 valence electrons. The van der Waals surface area contributed by atoms with Crippen molar-refractivity contribution in [1.29, 1.82) is 0 Å². The van der Waals surface area contributed by atoms with Gasteiger partial charge in [-0.3, -0.25) is 4.79 Å². The molecule has 0 spiro atoms. The number of carbonyl (C=O) groups is 1. The van der Waals surface area contributed by atoms with Crippen LogP contribution in [-0.2, 0) is 9.53 Å². The van der Waals surface area contributed by atoms with Crippen LogP contribution in [-0.4, -0.2) is 61.9 Å². The fourth-order valence-electron chi connectivity index (χ4n) is 1.66. The van der Waals surface area contributed by atoms with Crippen LogP contribution in [0.15, 0.2) is 0 Å². The van der Waals surface area contributed by atoms with Crippen LogP contribution in [0, 0.1) is 0 Å². The summed E-state index contributed by atoms with van der Waals surface area (Å²) in [6.45, 7) is 2.86. The van der Waals surface area contributed by atoms with Crippen LogP contribution in [0.5, 0.6) is 0 Å². The first kappa shape index (κ1) is 12.4. The van der Waals surface area contributed by atoms with E-state index in [-0.39, 0.29) is 12.0 Å². The number of hydrogen-bond donors (Lipinski definition) is 2. The number of aliphatic hydroxyl groups excluding tert-OH is 1. The molecule has 1 heterocycles. The molecule has 15 heavy (non-hydrogen) atoms. The Labute approximate surface area is 90.4 Å². The van der Waals surface area contributed by atoms with Gasteiger partial charge >= 0.3 is 0 Å². The highest BCUT2D eigenvalue weighted by atomic mass is 16.5. The van der Waals surface area contributed by atoms with Crippen molar-refractivity contribution in [3.8, 4) is 0 Å². The number of likely N-dealkylation sites (tertiary alicyclic amines) is 1. The minimum atomic E-state index is -0.346. The largest absolute Gasteiger partial charge is 0.391 e. The maximum absolute atomic E-state index is 11.6. The zero-order chi connectivity index (χ0) is 11.1. The van der Waals surface area contributed by atoms with Crippen molar-refractivity contribution in [2.75, 3.05) is 39.9 Å². The van der Waals surface area contributed by atoms with E-state index in [2.05, 4.69) is 5.32 Å². The highest BCUT2D eigenvalue weighted by molar-refractivity contribution is 5.78. The average molecular weight is 216 g/mol. The van der Waals surface area contributed by atoms with Gasteiger partial charge in [0.25, 0.3) is 0 Å². The molecule has 0 saturated carbocycles. The maximum atomic E-state index is 11.6. The zero-order valence-corrected chi connectivity index (χ0v) is 9.24. The van der Waals surface area contributed by atoms with Gasteiger partial charge in [0.05, 0.1) is 19.3 Å². The minimum Gasteiger partial charge on any atom is -0.391 e. The van der Waals surface area contributed by atoms with E-state index in [0.29, 0.717) is 26.2 Å². The highest BCUT2D eigenvalue weighted by Crippen LogP contribution is 2.09. The summed E-state index contributed by atoms with van der Waals surface area (Å²) in [5.41, 5.74) is 0. The summed E-state index contributed by atoms with van der Waals surface area (Å²) in [5, 5.41) is 12.4. The number of aliphatic hydroxyl groups is 1. The topological polar surface area (TPSA) is 61.8 Å². The number of carbonyl (C=O) groups excluding carboxylic acids is 1.